The van der Waals surface area contributed by atoms with Gasteiger partial charge in [-0.3, -0.25) is 9.78 Å². The number of nitrogens with zero attached hydrogens (tertiary/aromatic N) is 4. The number of carbonyl (C=O) groups excluding carboxylic acids is 1. The molecule has 1 aromatic carbocycles. The fourth-order valence-corrected chi connectivity index (χ4v) is 8.43. The number of amides is 1. The lowest BCUT2D eigenvalue weighted by atomic mass is 9.42. The normalized spacial score (nSPS) is 31.1. The van der Waals surface area contributed by atoms with E-state index < -0.39 is 22.8 Å². The van der Waals surface area contributed by atoms with Crippen LogP contribution in [-0.2, 0) is 22.8 Å². The molecule has 43 heavy (non-hydrogen) atoms. The number of hydrogen-bond donors (Lipinski definition) is 0. The van der Waals surface area contributed by atoms with E-state index in [9.17, 15) is 22.4 Å². The van der Waals surface area contributed by atoms with Gasteiger partial charge in [-0.05, 0) is 93.0 Å². The summed E-state index contributed by atoms with van der Waals surface area (Å²) in [4.78, 5) is 29.4. The summed E-state index contributed by atoms with van der Waals surface area (Å²) in [6.45, 7) is 2.59. The Hall–Kier alpha value is -3.36. The van der Waals surface area contributed by atoms with Gasteiger partial charge in [-0.2, -0.15) is 13.2 Å². The molecule has 2 aromatic heterocycles. The van der Waals surface area contributed by atoms with Crippen LogP contribution in [0.15, 0.2) is 55.0 Å². The number of rotatable bonds is 7. The fraction of sp³-hybridized carbons (Fsp3) is 0.529. The van der Waals surface area contributed by atoms with E-state index >= 15 is 0 Å². The third-order valence-electron chi connectivity index (χ3n) is 10.8. The zero-order valence-electron chi connectivity index (χ0n) is 24.3. The van der Waals surface area contributed by atoms with Crippen LogP contribution >= 0.6 is 0 Å². The molecular formula is C34H36F4N4O. The number of aryl methyl sites for hydroxylation is 1. The third-order valence-corrected chi connectivity index (χ3v) is 10.8. The van der Waals surface area contributed by atoms with E-state index in [1.165, 1.54) is 0 Å². The minimum atomic E-state index is -4.41. The van der Waals surface area contributed by atoms with Crippen molar-refractivity contribution in [3.05, 3.63) is 71.8 Å². The van der Waals surface area contributed by atoms with Gasteiger partial charge in [0.15, 0.2) is 5.82 Å². The van der Waals surface area contributed by atoms with Gasteiger partial charge in [-0.1, -0.05) is 31.9 Å². The van der Waals surface area contributed by atoms with Gasteiger partial charge in [0.2, 0.25) is 5.91 Å². The number of aromatic nitrogens is 3. The molecule has 2 heterocycles. The zero-order chi connectivity index (χ0) is 30.0. The Kier molecular flexibility index (Phi) is 6.67. The van der Waals surface area contributed by atoms with Gasteiger partial charge in [0.05, 0.1) is 11.0 Å². The Balaban J connectivity index is 1.15. The average Bonchev–Trinajstić information content (AvgIpc) is 2.98. The van der Waals surface area contributed by atoms with Crippen LogP contribution in [0.5, 0.6) is 0 Å². The Morgan fingerprint density at radius 3 is 2.42 bits per heavy atom. The average molecular weight is 593 g/mol. The second-order valence-corrected chi connectivity index (χ2v) is 13.6. The summed E-state index contributed by atoms with van der Waals surface area (Å²) >= 11 is 0. The highest BCUT2D eigenvalue weighted by atomic mass is 19.4. The summed E-state index contributed by atoms with van der Waals surface area (Å²) in [6.07, 6.45) is 7.40. The van der Waals surface area contributed by atoms with E-state index in [2.05, 4.69) is 21.9 Å². The minimum Gasteiger partial charge on any atom is -0.312 e. The number of pyridine rings is 1. The van der Waals surface area contributed by atoms with Crippen molar-refractivity contribution >= 4 is 11.6 Å². The van der Waals surface area contributed by atoms with Crippen molar-refractivity contribution in [1.82, 2.24) is 15.0 Å². The van der Waals surface area contributed by atoms with E-state index in [1.54, 1.807) is 6.07 Å². The maximum Gasteiger partial charge on any atom is 0.417 e. The van der Waals surface area contributed by atoms with Crippen molar-refractivity contribution in [1.29, 1.82) is 0 Å². The molecule has 0 aliphatic heterocycles. The Labute approximate surface area is 249 Å². The SMILES string of the molecule is CCc1cnc(-c2cccc(N(CC3CCC4(c5ccc(C(F)(F)F)cn5)CCCC3C4)C(=O)C34CC(F)(C3)C4)c2)nc1. The number of benzene rings is 1. The van der Waals surface area contributed by atoms with Gasteiger partial charge < -0.3 is 4.90 Å². The molecule has 3 aromatic rings. The first kappa shape index (κ1) is 28.4. The molecule has 226 valence electrons. The highest BCUT2D eigenvalue weighted by molar-refractivity contribution is 6.00. The molecule has 0 saturated heterocycles. The Morgan fingerprint density at radius 2 is 1.77 bits per heavy atom. The van der Waals surface area contributed by atoms with Gasteiger partial charge in [0, 0.05) is 47.5 Å². The number of alkyl halides is 4. The molecule has 5 fully saturated rings. The molecule has 0 radical (unpaired) electrons. The van der Waals surface area contributed by atoms with Gasteiger partial charge in [-0.15, -0.1) is 0 Å². The number of hydrogen-bond acceptors (Lipinski definition) is 4. The highest BCUT2D eigenvalue weighted by Gasteiger charge is 2.73. The van der Waals surface area contributed by atoms with Crippen molar-refractivity contribution in [2.24, 2.45) is 17.3 Å². The Morgan fingerprint density at radius 1 is 1.00 bits per heavy atom. The molecule has 9 heteroatoms. The lowest BCUT2D eigenvalue weighted by Crippen LogP contribution is -2.70. The van der Waals surface area contributed by atoms with Crippen LogP contribution in [0.4, 0.5) is 23.2 Å². The van der Waals surface area contributed by atoms with Crippen molar-refractivity contribution in [3.8, 4) is 11.4 Å². The molecule has 5 saturated carbocycles. The van der Waals surface area contributed by atoms with Gasteiger partial charge in [-0.25, -0.2) is 14.4 Å². The standard InChI is InChI=1S/C34H36F4N4O/c1-2-22-15-40-29(41-16-22)23-5-3-7-27(13-23)42(30(43)32-19-33(35,20-32)21-32)18-25-10-12-31(11-4-6-24(25)14-31)28-9-8-26(17-39-28)34(36,37)38/h3,5,7-9,13,15-17,24-25H,2,4,6,10-12,14,18-21H2,1H3. The predicted molar refractivity (Wildman–Crippen MR) is 155 cm³/mol. The quantitative estimate of drug-likeness (QED) is 0.262. The third kappa shape index (κ3) is 4.92. The second kappa shape index (κ2) is 10.1. The minimum absolute atomic E-state index is 0.00322. The molecular weight excluding hydrogens is 556 g/mol. The number of fused-ring (bicyclic) bond motifs is 2. The van der Waals surface area contributed by atoms with Crippen molar-refractivity contribution in [3.63, 3.8) is 0 Å². The van der Waals surface area contributed by atoms with Crippen molar-refractivity contribution in [2.75, 3.05) is 11.4 Å². The maximum absolute atomic E-state index is 14.6. The molecule has 5 aliphatic rings. The Bertz CT molecular complexity index is 1500. The summed E-state index contributed by atoms with van der Waals surface area (Å²) in [5.41, 5.74) is 0.661. The lowest BCUT2D eigenvalue weighted by Gasteiger charge is -2.65. The first-order chi connectivity index (χ1) is 20.5. The molecule has 5 nitrogen and oxygen atoms in total. The molecule has 0 spiro atoms. The monoisotopic (exact) mass is 592 g/mol. The van der Waals surface area contributed by atoms with Gasteiger partial charge in [0.1, 0.15) is 5.67 Å². The van der Waals surface area contributed by atoms with Crippen LogP contribution in [-0.4, -0.2) is 33.1 Å². The first-order valence-electron chi connectivity index (χ1n) is 15.5. The molecule has 4 bridgehead atoms. The molecule has 1 amide bonds. The first-order valence-corrected chi connectivity index (χ1v) is 15.5. The largest absolute Gasteiger partial charge is 0.417 e. The summed E-state index contributed by atoms with van der Waals surface area (Å²) in [7, 11) is 0. The van der Waals surface area contributed by atoms with Crippen molar-refractivity contribution < 1.29 is 22.4 Å². The van der Waals surface area contributed by atoms with Crippen LogP contribution in [0.1, 0.15) is 81.5 Å². The topological polar surface area (TPSA) is 59.0 Å². The zero-order valence-corrected chi connectivity index (χ0v) is 24.3. The maximum atomic E-state index is 14.6. The van der Waals surface area contributed by atoms with Crippen LogP contribution in [0.2, 0.25) is 0 Å². The molecule has 5 aliphatic carbocycles. The summed E-state index contributed by atoms with van der Waals surface area (Å²) in [5, 5.41) is 0. The summed E-state index contributed by atoms with van der Waals surface area (Å²) in [5.74, 6) is 1.17. The van der Waals surface area contributed by atoms with E-state index in [0.717, 1.165) is 79.7 Å². The lowest BCUT2D eigenvalue weighted by molar-refractivity contribution is -0.211. The van der Waals surface area contributed by atoms with E-state index in [1.807, 2.05) is 41.6 Å². The number of carbonyl (C=O) groups is 1. The highest BCUT2D eigenvalue weighted by Crippen LogP contribution is 2.70. The number of halogens is 4. The summed E-state index contributed by atoms with van der Waals surface area (Å²) in [6, 6.07) is 10.5. The molecule has 8 rings (SSSR count). The van der Waals surface area contributed by atoms with E-state index in [0.29, 0.717) is 37.5 Å². The molecule has 3 atom stereocenters. The van der Waals surface area contributed by atoms with Gasteiger partial charge in [0.25, 0.3) is 0 Å². The summed E-state index contributed by atoms with van der Waals surface area (Å²) < 4.78 is 54.1. The second-order valence-electron chi connectivity index (χ2n) is 13.6. The fourth-order valence-electron chi connectivity index (χ4n) is 8.43. The van der Waals surface area contributed by atoms with E-state index in [-0.39, 0.29) is 17.2 Å². The van der Waals surface area contributed by atoms with Crippen LogP contribution in [0.3, 0.4) is 0 Å². The van der Waals surface area contributed by atoms with Crippen LogP contribution in [0, 0.1) is 17.3 Å². The smallest absolute Gasteiger partial charge is 0.312 e. The van der Waals surface area contributed by atoms with Gasteiger partial charge >= 0.3 is 6.18 Å². The molecule has 3 unspecified atom stereocenters. The van der Waals surface area contributed by atoms with Crippen molar-refractivity contribution in [2.45, 2.75) is 88.4 Å². The molecule has 0 N–H and O–H groups in total. The van der Waals surface area contributed by atoms with Crippen LogP contribution in [0.25, 0.3) is 11.4 Å². The van der Waals surface area contributed by atoms with Crippen LogP contribution < -0.4 is 4.90 Å². The predicted octanol–water partition coefficient (Wildman–Crippen LogP) is 7.88. The van der Waals surface area contributed by atoms with E-state index in [4.69, 9.17) is 0 Å². The number of anilines is 1.